The molecule has 0 spiro atoms. The second-order valence-corrected chi connectivity index (χ2v) is 5.81. The lowest BCUT2D eigenvalue weighted by atomic mass is 10.3. The van der Waals surface area contributed by atoms with E-state index in [-0.39, 0.29) is 0 Å². The summed E-state index contributed by atoms with van der Waals surface area (Å²) in [7, 11) is 1.64. The van der Waals surface area contributed by atoms with Gasteiger partial charge in [0.15, 0.2) is 0 Å². The van der Waals surface area contributed by atoms with E-state index in [0.29, 0.717) is 17.6 Å². The molecule has 0 fully saturated rings. The summed E-state index contributed by atoms with van der Waals surface area (Å²) in [5, 5.41) is 3.25. The summed E-state index contributed by atoms with van der Waals surface area (Å²) in [5.41, 5.74) is 8.72. The van der Waals surface area contributed by atoms with Crippen molar-refractivity contribution >= 4 is 28.4 Å². The third kappa shape index (κ3) is 2.90. The Balaban J connectivity index is 1.75. The van der Waals surface area contributed by atoms with Gasteiger partial charge in [0.2, 0.25) is 5.95 Å². The van der Waals surface area contributed by atoms with E-state index in [1.165, 1.54) is 0 Å². The van der Waals surface area contributed by atoms with Gasteiger partial charge in [-0.25, -0.2) is 4.98 Å². The Hall–Kier alpha value is -3.61. The molecule has 3 N–H and O–H groups in total. The Kier molecular flexibility index (Phi) is 3.89. The van der Waals surface area contributed by atoms with Gasteiger partial charge in [-0.15, -0.1) is 0 Å². The molecule has 0 bridgehead atoms. The molecule has 0 saturated heterocycles. The molecule has 4 aromatic rings. The third-order valence-electron chi connectivity index (χ3n) is 4.03. The van der Waals surface area contributed by atoms with Crippen molar-refractivity contribution in [2.75, 3.05) is 18.2 Å². The van der Waals surface area contributed by atoms with E-state index in [9.17, 15) is 0 Å². The first kappa shape index (κ1) is 15.9. The quantitative estimate of drug-likeness (QED) is 0.588. The molecular weight excluding hydrogens is 328 g/mol. The lowest BCUT2D eigenvalue weighted by Crippen LogP contribution is -2.07. The Morgan fingerprint density at radius 2 is 1.77 bits per heavy atom. The number of para-hydroxylation sites is 2. The largest absolute Gasteiger partial charge is 0.497 e. The number of hydrogen-bond acceptors (Lipinski definition) is 6. The van der Waals surface area contributed by atoms with Crippen LogP contribution < -0.4 is 15.8 Å². The molecular formula is C19H18N6O. The van der Waals surface area contributed by atoms with E-state index in [1.54, 1.807) is 13.2 Å². The van der Waals surface area contributed by atoms with Gasteiger partial charge < -0.3 is 15.8 Å². The highest BCUT2D eigenvalue weighted by molar-refractivity contribution is 5.77. The van der Waals surface area contributed by atoms with E-state index in [2.05, 4.69) is 20.3 Å². The van der Waals surface area contributed by atoms with Gasteiger partial charge in [0.05, 0.1) is 18.1 Å². The number of anilines is 3. The minimum Gasteiger partial charge on any atom is -0.497 e. The number of aromatic nitrogens is 4. The molecule has 0 aliphatic carbocycles. The van der Waals surface area contributed by atoms with Gasteiger partial charge in [0.25, 0.3) is 0 Å². The summed E-state index contributed by atoms with van der Waals surface area (Å²) in [6, 6.07) is 17.1. The number of nitrogens with zero attached hydrogens (tertiary/aromatic N) is 4. The van der Waals surface area contributed by atoms with Crippen LogP contribution in [0, 0.1) is 6.92 Å². The molecule has 26 heavy (non-hydrogen) atoms. The van der Waals surface area contributed by atoms with Crippen LogP contribution in [0.4, 0.5) is 17.3 Å². The van der Waals surface area contributed by atoms with E-state index in [0.717, 1.165) is 28.3 Å². The highest BCUT2D eigenvalue weighted by Gasteiger charge is 2.13. The van der Waals surface area contributed by atoms with Crippen molar-refractivity contribution in [2.45, 2.75) is 6.92 Å². The van der Waals surface area contributed by atoms with Crippen LogP contribution in [0.15, 0.2) is 54.6 Å². The third-order valence-corrected chi connectivity index (χ3v) is 4.03. The van der Waals surface area contributed by atoms with Gasteiger partial charge in [-0.05, 0) is 43.3 Å². The van der Waals surface area contributed by atoms with Crippen LogP contribution in [0.2, 0.25) is 0 Å². The zero-order chi connectivity index (χ0) is 18.1. The molecule has 2 aromatic carbocycles. The number of imidazole rings is 1. The number of nitrogens with one attached hydrogen (secondary N) is 1. The van der Waals surface area contributed by atoms with E-state index < -0.39 is 0 Å². The van der Waals surface area contributed by atoms with Gasteiger partial charge in [-0.3, -0.25) is 4.57 Å². The Morgan fingerprint density at radius 3 is 2.54 bits per heavy atom. The Bertz CT molecular complexity index is 1070. The SMILES string of the molecule is COc1ccc(Nc2cc(N)nc(-n3c(C)nc4ccccc43)n2)cc1. The van der Waals surface area contributed by atoms with Crippen molar-refractivity contribution in [1.29, 1.82) is 0 Å². The summed E-state index contributed by atoms with van der Waals surface area (Å²) in [4.78, 5) is 13.6. The standard InChI is InChI=1S/C19H18N6O/c1-12-21-15-5-3-4-6-16(15)25(12)19-23-17(20)11-18(24-19)22-13-7-9-14(26-2)10-8-13/h3-11H,1-2H3,(H3,20,22,23,24). The van der Waals surface area contributed by atoms with Gasteiger partial charge in [0, 0.05) is 11.8 Å². The van der Waals surface area contributed by atoms with Crippen molar-refractivity contribution in [3.63, 3.8) is 0 Å². The van der Waals surface area contributed by atoms with Crippen molar-refractivity contribution in [3.05, 3.63) is 60.4 Å². The van der Waals surface area contributed by atoms with Gasteiger partial charge >= 0.3 is 0 Å². The zero-order valence-corrected chi connectivity index (χ0v) is 14.5. The monoisotopic (exact) mass is 346 g/mol. The molecule has 2 heterocycles. The molecule has 2 aromatic heterocycles. The molecule has 0 aliphatic rings. The molecule has 0 amide bonds. The first-order chi connectivity index (χ1) is 12.6. The van der Waals surface area contributed by atoms with Gasteiger partial charge in [0.1, 0.15) is 23.2 Å². The van der Waals surface area contributed by atoms with Crippen LogP contribution in [0.3, 0.4) is 0 Å². The van der Waals surface area contributed by atoms with Crippen molar-refractivity contribution < 1.29 is 4.74 Å². The number of aryl methyl sites for hydroxylation is 1. The summed E-state index contributed by atoms with van der Waals surface area (Å²) >= 11 is 0. The molecule has 4 rings (SSSR count). The summed E-state index contributed by atoms with van der Waals surface area (Å²) in [5.74, 6) is 3.05. The lowest BCUT2D eigenvalue weighted by molar-refractivity contribution is 0.415. The van der Waals surface area contributed by atoms with E-state index in [1.807, 2.05) is 60.0 Å². The Labute approximate surface area is 150 Å². The summed E-state index contributed by atoms with van der Waals surface area (Å²) in [6.45, 7) is 1.92. The summed E-state index contributed by atoms with van der Waals surface area (Å²) < 4.78 is 7.07. The van der Waals surface area contributed by atoms with Gasteiger partial charge in [-0.2, -0.15) is 9.97 Å². The molecule has 130 valence electrons. The summed E-state index contributed by atoms with van der Waals surface area (Å²) in [6.07, 6.45) is 0. The predicted octanol–water partition coefficient (Wildman–Crippen LogP) is 3.46. The van der Waals surface area contributed by atoms with E-state index in [4.69, 9.17) is 10.5 Å². The van der Waals surface area contributed by atoms with Crippen LogP contribution in [0.5, 0.6) is 5.75 Å². The molecule has 0 saturated carbocycles. The smallest absolute Gasteiger partial charge is 0.239 e. The lowest BCUT2D eigenvalue weighted by Gasteiger charge is -2.10. The fraction of sp³-hybridized carbons (Fsp3) is 0.105. The average molecular weight is 346 g/mol. The van der Waals surface area contributed by atoms with Crippen molar-refractivity contribution in [2.24, 2.45) is 0 Å². The maximum Gasteiger partial charge on any atom is 0.239 e. The highest BCUT2D eigenvalue weighted by Crippen LogP contribution is 2.23. The van der Waals surface area contributed by atoms with Gasteiger partial charge in [-0.1, -0.05) is 12.1 Å². The normalized spacial score (nSPS) is 10.8. The Morgan fingerprint density at radius 1 is 1.00 bits per heavy atom. The maximum atomic E-state index is 6.01. The topological polar surface area (TPSA) is 90.9 Å². The van der Waals surface area contributed by atoms with E-state index >= 15 is 0 Å². The highest BCUT2D eigenvalue weighted by atomic mass is 16.5. The fourth-order valence-corrected chi connectivity index (χ4v) is 2.84. The molecule has 7 nitrogen and oxygen atoms in total. The predicted molar refractivity (Wildman–Crippen MR) is 102 cm³/mol. The van der Waals surface area contributed by atoms with Crippen LogP contribution in [-0.2, 0) is 0 Å². The van der Waals surface area contributed by atoms with Crippen LogP contribution >= 0.6 is 0 Å². The number of nitrogen functional groups attached to an aromatic ring is 1. The first-order valence-electron chi connectivity index (χ1n) is 8.14. The molecule has 0 unspecified atom stereocenters. The second-order valence-electron chi connectivity index (χ2n) is 5.81. The molecule has 0 aliphatic heterocycles. The fourth-order valence-electron chi connectivity index (χ4n) is 2.84. The minimum absolute atomic E-state index is 0.378. The average Bonchev–Trinajstić information content (AvgIpc) is 2.97. The van der Waals surface area contributed by atoms with Crippen molar-refractivity contribution in [1.82, 2.24) is 19.5 Å². The number of benzene rings is 2. The maximum absolute atomic E-state index is 6.01. The number of methoxy groups -OCH3 is 1. The first-order valence-corrected chi connectivity index (χ1v) is 8.14. The molecule has 0 atom stereocenters. The number of fused-ring (bicyclic) bond motifs is 1. The zero-order valence-electron chi connectivity index (χ0n) is 14.5. The van der Waals surface area contributed by atoms with Crippen LogP contribution in [-0.4, -0.2) is 26.6 Å². The number of ether oxygens (including phenoxy) is 1. The number of hydrogen-bond donors (Lipinski definition) is 2. The second kappa shape index (κ2) is 6.36. The van der Waals surface area contributed by atoms with Crippen LogP contribution in [0.1, 0.15) is 5.82 Å². The number of rotatable bonds is 4. The number of nitrogens with two attached hydrogens (primary N) is 1. The molecule has 0 radical (unpaired) electrons. The van der Waals surface area contributed by atoms with Crippen molar-refractivity contribution in [3.8, 4) is 11.7 Å². The molecule has 7 heteroatoms. The minimum atomic E-state index is 0.378. The van der Waals surface area contributed by atoms with Crippen LogP contribution in [0.25, 0.3) is 17.0 Å².